The highest BCUT2D eigenvalue weighted by Gasteiger charge is 2.15. The maximum atomic E-state index is 6.35. The molecule has 1 heterocycles. The zero-order chi connectivity index (χ0) is 20.8. The number of rotatable bonds is 8. The van der Waals surface area contributed by atoms with Gasteiger partial charge in [0, 0.05) is 27.7 Å². The number of hydrogen-bond donors (Lipinski definition) is 1. The van der Waals surface area contributed by atoms with Gasteiger partial charge in [-0.15, -0.1) is 0 Å². The van der Waals surface area contributed by atoms with Crippen LogP contribution < -0.4 is 5.32 Å². The lowest BCUT2D eigenvalue weighted by molar-refractivity contribution is 0.574. The van der Waals surface area contributed by atoms with E-state index in [2.05, 4.69) is 23.5 Å². The Labute approximate surface area is 187 Å². The van der Waals surface area contributed by atoms with E-state index >= 15 is 0 Å². The number of allylic oxidation sites excluding steroid dienone is 1. The van der Waals surface area contributed by atoms with Crippen LogP contribution in [0, 0.1) is 0 Å². The van der Waals surface area contributed by atoms with E-state index in [9.17, 15) is 0 Å². The van der Waals surface area contributed by atoms with Gasteiger partial charge in [-0.1, -0.05) is 71.2 Å². The largest absolute Gasteiger partial charge is 0.311 e. The molecular formula is C24H26Cl2N4. The average molecular weight is 441 g/mol. The van der Waals surface area contributed by atoms with E-state index in [1.54, 1.807) is 10.4 Å². The molecule has 1 aliphatic rings. The van der Waals surface area contributed by atoms with Crippen molar-refractivity contribution in [3.8, 4) is 11.3 Å². The highest BCUT2D eigenvalue weighted by Crippen LogP contribution is 2.26. The van der Waals surface area contributed by atoms with Crippen molar-refractivity contribution in [3.05, 3.63) is 81.5 Å². The van der Waals surface area contributed by atoms with Crippen LogP contribution >= 0.6 is 23.2 Å². The Bertz CT molecular complexity index is 991. The number of benzene rings is 2. The van der Waals surface area contributed by atoms with Gasteiger partial charge in [0.05, 0.1) is 6.54 Å². The van der Waals surface area contributed by atoms with Crippen LogP contribution in [0.1, 0.15) is 43.4 Å². The molecule has 0 spiro atoms. The van der Waals surface area contributed by atoms with Gasteiger partial charge in [-0.25, -0.2) is 0 Å². The van der Waals surface area contributed by atoms with E-state index in [0.29, 0.717) is 23.1 Å². The minimum atomic E-state index is 0.436. The van der Waals surface area contributed by atoms with E-state index in [1.165, 1.54) is 25.7 Å². The summed E-state index contributed by atoms with van der Waals surface area (Å²) >= 11 is 12.7. The zero-order valence-corrected chi connectivity index (χ0v) is 18.5. The van der Waals surface area contributed by atoms with Crippen molar-refractivity contribution in [2.45, 2.75) is 45.2 Å². The van der Waals surface area contributed by atoms with Crippen molar-refractivity contribution in [2.24, 2.45) is 0 Å². The van der Waals surface area contributed by atoms with Crippen LogP contribution in [0.5, 0.6) is 0 Å². The molecule has 3 aromatic rings. The number of aromatic nitrogens is 3. The molecule has 1 aliphatic carbocycles. The molecule has 4 nitrogen and oxygen atoms in total. The van der Waals surface area contributed by atoms with Gasteiger partial charge in [-0.3, -0.25) is 0 Å². The quantitative estimate of drug-likeness (QED) is 0.331. The summed E-state index contributed by atoms with van der Waals surface area (Å²) in [6, 6.07) is 15.7. The summed E-state index contributed by atoms with van der Waals surface area (Å²) < 4.78 is 0. The first-order valence-electron chi connectivity index (χ1n) is 10.5. The van der Waals surface area contributed by atoms with Crippen LogP contribution in [-0.2, 0) is 13.1 Å². The third kappa shape index (κ3) is 5.31. The molecule has 0 amide bonds. The molecule has 1 aromatic heterocycles. The normalized spacial score (nSPS) is 14.0. The second-order valence-corrected chi connectivity index (χ2v) is 8.44. The summed E-state index contributed by atoms with van der Waals surface area (Å²) in [6.45, 7) is 2.06. The molecule has 2 aromatic carbocycles. The summed E-state index contributed by atoms with van der Waals surface area (Å²) in [6.07, 6.45) is 8.63. The van der Waals surface area contributed by atoms with Crippen molar-refractivity contribution in [2.75, 3.05) is 6.54 Å². The molecule has 156 valence electrons. The molecule has 0 atom stereocenters. The second kappa shape index (κ2) is 10.3. The SMILES string of the molecule is Clc1cccc(Cl)c1Cn1nc(CNCCC2=CCCCC2)c(-c2ccccc2)n1. The molecule has 0 bridgehead atoms. The van der Waals surface area contributed by atoms with Crippen molar-refractivity contribution in [1.82, 2.24) is 20.3 Å². The monoisotopic (exact) mass is 440 g/mol. The Morgan fingerprint density at radius 2 is 1.73 bits per heavy atom. The van der Waals surface area contributed by atoms with Crippen molar-refractivity contribution in [3.63, 3.8) is 0 Å². The molecule has 1 N–H and O–H groups in total. The predicted octanol–water partition coefficient (Wildman–Crippen LogP) is 6.28. The summed E-state index contributed by atoms with van der Waals surface area (Å²) in [7, 11) is 0. The van der Waals surface area contributed by atoms with Crippen LogP contribution in [0.25, 0.3) is 11.3 Å². The van der Waals surface area contributed by atoms with E-state index in [1.807, 2.05) is 36.4 Å². The van der Waals surface area contributed by atoms with Crippen molar-refractivity contribution >= 4 is 23.2 Å². The molecule has 0 fully saturated rings. The lowest BCUT2D eigenvalue weighted by Crippen LogP contribution is -2.17. The molecular weight excluding hydrogens is 415 g/mol. The first kappa shape index (κ1) is 21.1. The number of halogens is 2. The summed E-state index contributed by atoms with van der Waals surface area (Å²) in [5.41, 5.74) is 5.29. The first-order valence-corrected chi connectivity index (χ1v) is 11.3. The first-order chi connectivity index (χ1) is 14.7. The molecule has 0 aliphatic heterocycles. The van der Waals surface area contributed by atoms with Crippen molar-refractivity contribution < 1.29 is 0 Å². The molecule has 0 saturated carbocycles. The van der Waals surface area contributed by atoms with Gasteiger partial charge >= 0.3 is 0 Å². The lowest BCUT2D eigenvalue weighted by Gasteiger charge is -2.12. The van der Waals surface area contributed by atoms with E-state index < -0.39 is 0 Å². The van der Waals surface area contributed by atoms with Crippen LogP contribution in [0.15, 0.2) is 60.2 Å². The fourth-order valence-electron chi connectivity index (χ4n) is 3.80. The molecule has 0 radical (unpaired) electrons. The number of hydrogen-bond acceptors (Lipinski definition) is 3. The average Bonchev–Trinajstić information content (AvgIpc) is 3.18. The van der Waals surface area contributed by atoms with Crippen LogP contribution in [-0.4, -0.2) is 21.5 Å². The fourth-order valence-corrected chi connectivity index (χ4v) is 4.32. The van der Waals surface area contributed by atoms with Gasteiger partial charge in [0.25, 0.3) is 0 Å². The highest BCUT2D eigenvalue weighted by molar-refractivity contribution is 6.35. The molecule has 0 unspecified atom stereocenters. The fraction of sp³-hybridized carbons (Fsp3) is 0.333. The summed E-state index contributed by atoms with van der Waals surface area (Å²) in [4.78, 5) is 1.69. The van der Waals surface area contributed by atoms with Crippen LogP contribution in [0.2, 0.25) is 10.0 Å². The third-order valence-electron chi connectivity index (χ3n) is 5.43. The van der Waals surface area contributed by atoms with Gasteiger partial charge < -0.3 is 5.32 Å². The Kier molecular flexibility index (Phi) is 7.21. The maximum Gasteiger partial charge on any atom is 0.117 e. The van der Waals surface area contributed by atoms with Gasteiger partial charge in [-0.2, -0.15) is 15.0 Å². The predicted molar refractivity (Wildman–Crippen MR) is 124 cm³/mol. The van der Waals surface area contributed by atoms with E-state index in [4.69, 9.17) is 33.4 Å². The second-order valence-electron chi connectivity index (χ2n) is 7.63. The van der Waals surface area contributed by atoms with Gasteiger partial charge in [-0.05, 0) is 50.8 Å². The lowest BCUT2D eigenvalue weighted by atomic mass is 9.97. The van der Waals surface area contributed by atoms with Gasteiger partial charge in [0.2, 0.25) is 0 Å². The minimum absolute atomic E-state index is 0.436. The zero-order valence-electron chi connectivity index (χ0n) is 17.0. The molecule has 6 heteroatoms. The molecule has 4 rings (SSSR count). The highest BCUT2D eigenvalue weighted by atomic mass is 35.5. The standard InChI is InChI=1S/C24H26Cl2N4/c25-21-12-7-13-22(26)20(21)17-30-28-23(24(29-30)19-10-5-2-6-11-19)16-27-15-14-18-8-3-1-4-9-18/h2,5-8,10-13,27H,1,3-4,9,14-17H2. The van der Waals surface area contributed by atoms with Gasteiger partial charge in [0.1, 0.15) is 11.4 Å². The topological polar surface area (TPSA) is 42.7 Å². The number of nitrogens with zero attached hydrogens (tertiary/aromatic N) is 3. The number of nitrogens with one attached hydrogen (secondary N) is 1. The Morgan fingerprint density at radius 1 is 0.933 bits per heavy atom. The Balaban J connectivity index is 1.50. The van der Waals surface area contributed by atoms with Crippen LogP contribution in [0.4, 0.5) is 0 Å². The van der Waals surface area contributed by atoms with E-state index in [0.717, 1.165) is 35.5 Å². The smallest absolute Gasteiger partial charge is 0.117 e. The summed E-state index contributed by atoms with van der Waals surface area (Å²) in [5, 5.41) is 14.3. The third-order valence-corrected chi connectivity index (χ3v) is 6.14. The van der Waals surface area contributed by atoms with Crippen LogP contribution in [0.3, 0.4) is 0 Å². The molecule has 30 heavy (non-hydrogen) atoms. The Hall–Kier alpha value is -2.14. The minimum Gasteiger partial charge on any atom is -0.311 e. The summed E-state index contributed by atoms with van der Waals surface area (Å²) in [5.74, 6) is 0. The molecule has 0 saturated heterocycles. The maximum absolute atomic E-state index is 6.35. The van der Waals surface area contributed by atoms with E-state index in [-0.39, 0.29) is 0 Å². The van der Waals surface area contributed by atoms with Crippen molar-refractivity contribution in [1.29, 1.82) is 0 Å². The van der Waals surface area contributed by atoms with Gasteiger partial charge in [0.15, 0.2) is 0 Å². The Morgan fingerprint density at radius 3 is 2.47 bits per heavy atom.